The maximum Gasteiger partial charge on any atom is 0.408 e. The molecule has 5 amide bonds. The Kier molecular flexibility index (Phi) is 8.71. The number of nitrogens with zero attached hydrogens (tertiary/aromatic N) is 2. The Hall–Kier alpha value is -3.89. The van der Waals surface area contributed by atoms with Gasteiger partial charge in [0.2, 0.25) is 23.6 Å². The Morgan fingerprint density at radius 2 is 1.90 bits per heavy atom. The van der Waals surface area contributed by atoms with Crippen molar-refractivity contribution in [2.45, 2.75) is 95.9 Å². The second-order valence-electron chi connectivity index (χ2n) is 13.1. The quantitative estimate of drug-likeness (QED) is 0.497. The number of nitrogens with one attached hydrogen (secondary N) is 2. The monoisotopic (exact) mass is 581 g/mol. The summed E-state index contributed by atoms with van der Waals surface area (Å²) in [5, 5.41) is 5.64. The molecule has 1 aromatic rings. The van der Waals surface area contributed by atoms with E-state index in [1.165, 1.54) is 16.8 Å². The van der Waals surface area contributed by atoms with Crippen LogP contribution in [0.5, 0.6) is 0 Å². The minimum Gasteiger partial charge on any atom is -0.444 e. The Morgan fingerprint density at radius 1 is 1.19 bits per heavy atom. The van der Waals surface area contributed by atoms with Crippen LogP contribution < -0.4 is 16.4 Å². The van der Waals surface area contributed by atoms with Gasteiger partial charge in [0.25, 0.3) is 0 Å². The number of hydrogen-bond acceptors (Lipinski definition) is 6. The molecule has 0 aliphatic carbocycles. The van der Waals surface area contributed by atoms with Gasteiger partial charge < -0.3 is 30.9 Å². The van der Waals surface area contributed by atoms with Crippen LogP contribution in [0, 0.1) is 5.92 Å². The van der Waals surface area contributed by atoms with Crippen molar-refractivity contribution in [3.05, 3.63) is 35.4 Å². The lowest BCUT2D eigenvalue weighted by Crippen LogP contribution is -2.57. The van der Waals surface area contributed by atoms with Crippen LogP contribution in [0.2, 0.25) is 0 Å². The number of hydrogen-bond donors (Lipinski definition) is 3. The number of anilines is 1. The van der Waals surface area contributed by atoms with Gasteiger partial charge in [-0.1, -0.05) is 32.1 Å². The first kappa shape index (κ1) is 31.1. The third-order valence-corrected chi connectivity index (χ3v) is 8.17. The van der Waals surface area contributed by atoms with Crippen LogP contribution in [-0.4, -0.2) is 76.8 Å². The fraction of sp³-hybridized carbons (Fsp3) is 0.581. The summed E-state index contributed by atoms with van der Waals surface area (Å²) in [6.45, 7) is 9.05. The summed E-state index contributed by atoms with van der Waals surface area (Å²) in [7, 11) is 1.54. The van der Waals surface area contributed by atoms with E-state index >= 15 is 0 Å². The van der Waals surface area contributed by atoms with E-state index < -0.39 is 53.0 Å². The van der Waals surface area contributed by atoms with Crippen molar-refractivity contribution in [1.29, 1.82) is 0 Å². The van der Waals surface area contributed by atoms with Gasteiger partial charge in [-0.25, -0.2) is 4.79 Å². The number of ether oxygens (including phenoxy) is 1. The molecule has 228 valence electrons. The molecule has 0 unspecified atom stereocenters. The van der Waals surface area contributed by atoms with Crippen molar-refractivity contribution < 1.29 is 28.7 Å². The van der Waals surface area contributed by atoms with Gasteiger partial charge in [0.15, 0.2) is 0 Å². The third kappa shape index (κ3) is 6.29. The van der Waals surface area contributed by atoms with Crippen molar-refractivity contribution in [1.82, 2.24) is 15.1 Å². The van der Waals surface area contributed by atoms with E-state index in [4.69, 9.17) is 10.5 Å². The van der Waals surface area contributed by atoms with E-state index in [1.54, 1.807) is 20.8 Å². The van der Waals surface area contributed by atoms with Crippen LogP contribution in [0.15, 0.2) is 24.3 Å². The number of carbonyl (C=O) groups excluding carboxylic acids is 5. The number of nitrogens with two attached hydrogens (primary N) is 1. The molecular formula is C31H43N5O6. The molecule has 3 heterocycles. The minimum absolute atomic E-state index is 0.0175. The standard InChI is InChI=1S/C31H43N5O6/c1-18(2)14-23-27(39)36-17-31(16-24(36)25(32)37)20-15-19(12-13-21(20)33-28(31)40)10-8-7-9-11-22(26(38)35(23)6)34-29(41)42-30(3,4)5/h8,10,12-13,15,18,22-24H,7,9,11,14,16-17H2,1-6H3,(H2,32,37)(H,33,40)(H,34,41)/b10-8-/t22-,23-,24-,31-/m0/s1. The summed E-state index contributed by atoms with van der Waals surface area (Å²) in [5.41, 5.74) is 6.18. The van der Waals surface area contributed by atoms with Crippen molar-refractivity contribution in [3.8, 4) is 0 Å². The van der Waals surface area contributed by atoms with E-state index in [1.807, 2.05) is 44.2 Å². The molecule has 4 bridgehead atoms. The van der Waals surface area contributed by atoms with Gasteiger partial charge in [-0.2, -0.15) is 0 Å². The molecular weight excluding hydrogens is 538 g/mol. The van der Waals surface area contributed by atoms with Crippen LogP contribution >= 0.6 is 0 Å². The van der Waals surface area contributed by atoms with Crippen LogP contribution in [0.4, 0.5) is 10.5 Å². The number of benzene rings is 1. The topological polar surface area (TPSA) is 151 Å². The van der Waals surface area contributed by atoms with Gasteiger partial charge in [0.1, 0.15) is 23.7 Å². The molecule has 3 aliphatic heterocycles. The predicted octanol–water partition coefficient (Wildman–Crippen LogP) is 2.93. The fourth-order valence-electron chi connectivity index (χ4n) is 6.11. The zero-order valence-electron chi connectivity index (χ0n) is 25.4. The molecule has 0 saturated carbocycles. The first-order chi connectivity index (χ1) is 19.6. The molecule has 1 saturated heterocycles. The van der Waals surface area contributed by atoms with Crippen molar-refractivity contribution in [2.75, 3.05) is 18.9 Å². The molecule has 1 fully saturated rings. The van der Waals surface area contributed by atoms with E-state index in [-0.39, 0.29) is 24.8 Å². The number of rotatable bonds is 4. The maximum atomic E-state index is 14.3. The van der Waals surface area contributed by atoms with E-state index in [0.717, 1.165) is 11.1 Å². The highest BCUT2D eigenvalue weighted by Gasteiger charge is 2.58. The number of likely N-dealkylation sites (N-methyl/N-ethyl adjacent to an activating group) is 1. The zero-order chi connectivity index (χ0) is 31.0. The first-order valence-corrected chi connectivity index (χ1v) is 14.6. The minimum atomic E-state index is -1.14. The highest BCUT2D eigenvalue weighted by atomic mass is 16.6. The predicted molar refractivity (Wildman–Crippen MR) is 158 cm³/mol. The maximum absolute atomic E-state index is 14.3. The lowest BCUT2D eigenvalue weighted by Gasteiger charge is -2.35. The summed E-state index contributed by atoms with van der Waals surface area (Å²) >= 11 is 0. The molecule has 11 nitrogen and oxygen atoms in total. The number of carbonyl (C=O) groups is 5. The second kappa shape index (κ2) is 11.8. The van der Waals surface area contributed by atoms with Crippen molar-refractivity contribution >= 4 is 41.5 Å². The highest BCUT2D eigenvalue weighted by Crippen LogP contribution is 2.47. The molecule has 0 aromatic heterocycles. The lowest BCUT2D eigenvalue weighted by molar-refractivity contribution is -0.148. The molecule has 4 rings (SSSR count). The molecule has 1 aromatic carbocycles. The lowest BCUT2D eigenvalue weighted by atomic mass is 9.79. The Balaban J connectivity index is 1.78. The number of amides is 5. The highest BCUT2D eigenvalue weighted by molar-refractivity contribution is 6.08. The van der Waals surface area contributed by atoms with E-state index in [0.29, 0.717) is 31.4 Å². The van der Waals surface area contributed by atoms with Crippen LogP contribution in [0.3, 0.4) is 0 Å². The molecule has 1 spiro atoms. The molecule has 4 N–H and O–H groups in total. The molecule has 42 heavy (non-hydrogen) atoms. The van der Waals surface area contributed by atoms with E-state index in [2.05, 4.69) is 10.6 Å². The van der Waals surface area contributed by atoms with Crippen molar-refractivity contribution in [3.63, 3.8) is 0 Å². The second-order valence-corrected chi connectivity index (χ2v) is 13.1. The summed E-state index contributed by atoms with van der Waals surface area (Å²) < 4.78 is 5.42. The normalized spacial score (nSPS) is 27.2. The number of primary amides is 1. The van der Waals surface area contributed by atoms with Crippen LogP contribution in [-0.2, 0) is 29.3 Å². The molecule has 4 atom stereocenters. The number of fused-ring (bicyclic) bond motifs is 2. The molecule has 0 radical (unpaired) electrons. The van der Waals surface area contributed by atoms with Gasteiger partial charge in [0, 0.05) is 19.3 Å². The average molecular weight is 582 g/mol. The first-order valence-electron chi connectivity index (χ1n) is 14.6. The summed E-state index contributed by atoms with van der Waals surface area (Å²) in [6, 6.07) is 2.75. The summed E-state index contributed by atoms with van der Waals surface area (Å²) in [5.74, 6) is -1.87. The number of allylic oxidation sites excluding steroid dienone is 1. The summed E-state index contributed by atoms with van der Waals surface area (Å²) in [6.07, 6.45) is 5.12. The van der Waals surface area contributed by atoms with Gasteiger partial charge >= 0.3 is 6.09 Å². The Bertz CT molecular complexity index is 1300. The van der Waals surface area contributed by atoms with Gasteiger partial charge in [-0.15, -0.1) is 0 Å². The smallest absolute Gasteiger partial charge is 0.408 e. The SMILES string of the molecule is CC(C)C[C@H]1C(=O)N2C[C@]3(C[C@H]2C(N)=O)C(=O)Nc2ccc(cc23)/C=C\CCC[C@H](NC(=O)OC(C)(C)C)C(=O)N1C. The Morgan fingerprint density at radius 3 is 2.55 bits per heavy atom. The number of alkyl carbamates (subject to hydrolysis) is 1. The van der Waals surface area contributed by atoms with Crippen molar-refractivity contribution in [2.24, 2.45) is 11.7 Å². The fourth-order valence-corrected chi connectivity index (χ4v) is 6.11. The van der Waals surface area contributed by atoms with Gasteiger partial charge in [-0.3, -0.25) is 19.2 Å². The third-order valence-electron chi connectivity index (χ3n) is 8.17. The largest absolute Gasteiger partial charge is 0.444 e. The van der Waals surface area contributed by atoms with Crippen LogP contribution in [0.1, 0.15) is 77.8 Å². The zero-order valence-corrected chi connectivity index (χ0v) is 25.4. The molecule has 11 heteroatoms. The van der Waals surface area contributed by atoms with E-state index in [9.17, 15) is 24.0 Å². The van der Waals surface area contributed by atoms with Gasteiger partial charge in [-0.05, 0) is 82.1 Å². The van der Waals surface area contributed by atoms with Crippen LogP contribution in [0.25, 0.3) is 6.08 Å². The average Bonchev–Trinajstić information content (AvgIpc) is 3.42. The summed E-state index contributed by atoms with van der Waals surface area (Å²) in [4.78, 5) is 69.9. The molecule has 3 aliphatic rings. The Labute approximate surface area is 247 Å². The van der Waals surface area contributed by atoms with Gasteiger partial charge in [0.05, 0.1) is 5.41 Å².